The number of anilines is 1. The van der Waals surface area contributed by atoms with E-state index < -0.39 is 17.9 Å². The molecule has 0 aliphatic carbocycles. The van der Waals surface area contributed by atoms with Gasteiger partial charge in [-0.25, -0.2) is 9.37 Å². The summed E-state index contributed by atoms with van der Waals surface area (Å²) in [7, 11) is 0. The minimum Gasteiger partial charge on any atom is -0.403 e. The smallest absolute Gasteiger partial charge is 0.403 e. The molecule has 2 heterocycles. The van der Waals surface area contributed by atoms with E-state index in [-0.39, 0.29) is 6.54 Å². The van der Waals surface area contributed by atoms with Gasteiger partial charge in [0.2, 0.25) is 0 Å². The summed E-state index contributed by atoms with van der Waals surface area (Å²) in [5, 5.41) is 7.00. The second kappa shape index (κ2) is 5.95. The third-order valence-electron chi connectivity index (χ3n) is 3.07. The highest BCUT2D eigenvalue weighted by Crippen LogP contribution is 2.26. The van der Waals surface area contributed by atoms with Crippen molar-refractivity contribution < 1.29 is 22.3 Å². The second-order valence-electron chi connectivity index (χ2n) is 4.92. The first-order valence-corrected chi connectivity index (χ1v) is 6.77. The van der Waals surface area contributed by atoms with Gasteiger partial charge in [0.15, 0.2) is 11.6 Å². The molecule has 0 radical (unpaired) electrons. The van der Waals surface area contributed by atoms with Crippen LogP contribution in [0.4, 0.5) is 23.4 Å². The van der Waals surface area contributed by atoms with Gasteiger partial charge < -0.3 is 10.1 Å². The second-order valence-corrected chi connectivity index (χ2v) is 4.92. The van der Waals surface area contributed by atoms with Crippen LogP contribution in [0.2, 0.25) is 0 Å². The number of nitrogens with zero attached hydrogens (tertiary/aromatic N) is 4. The molecule has 0 spiro atoms. The Morgan fingerprint density at radius 1 is 1.25 bits per heavy atom. The number of ether oxygens (including phenoxy) is 1. The van der Waals surface area contributed by atoms with Crippen LogP contribution in [0.3, 0.4) is 0 Å². The maximum absolute atomic E-state index is 13.4. The van der Waals surface area contributed by atoms with Crippen molar-refractivity contribution in [1.82, 2.24) is 19.6 Å². The summed E-state index contributed by atoms with van der Waals surface area (Å²) in [6, 6.07) is 4.97. The Bertz CT molecular complexity index is 877. The molecule has 0 bridgehead atoms. The van der Waals surface area contributed by atoms with Crippen LogP contribution in [0.5, 0.6) is 5.75 Å². The summed E-state index contributed by atoms with van der Waals surface area (Å²) in [5.74, 6) is -1.02. The van der Waals surface area contributed by atoms with Crippen molar-refractivity contribution in [3.63, 3.8) is 0 Å². The number of aromatic nitrogens is 4. The van der Waals surface area contributed by atoms with Crippen LogP contribution >= 0.6 is 0 Å². The fourth-order valence-corrected chi connectivity index (χ4v) is 2.11. The van der Waals surface area contributed by atoms with E-state index >= 15 is 0 Å². The van der Waals surface area contributed by atoms with Crippen molar-refractivity contribution in [3.05, 3.63) is 47.7 Å². The van der Waals surface area contributed by atoms with Crippen molar-refractivity contribution >= 4 is 11.6 Å². The SMILES string of the molecule is Cc1cc(NCc2ccc(F)c(OC(F)(F)F)c2)n2ncnc2n1. The van der Waals surface area contributed by atoms with Gasteiger partial charge in [-0.3, -0.25) is 0 Å². The molecular formula is C14H11F4N5O. The first-order chi connectivity index (χ1) is 11.3. The number of alkyl halides is 3. The lowest BCUT2D eigenvalue weighted by Crippen LogP contribution is -2.18. The summed E-state index contributed by atoms with van der Waals surface area (Å²) in [6.45, 7) is 1.90. The van der Waals surface area contributed by atoms with Crippen molar-refractivity contribution in [1.29, 1.82) is 0 Å². The van der Waals surface area contributed by atoms with E-state index in [0.29, 0.717) is 22.9 Å². The highest BCUT2D eigenvalue weighted by Gasteiger charge is 2.32. The average Bonchev–Trinajstić information content (AvgIpc) is 2.94. The molecule has 24 heavy (non-hydrogen) atoms. The number of benzene rings is 1. The van der Waals surface area contributed by atoms with E-state index in [9.17, 15) is 17.6 Å². The summed E-state index contributed by atoms with van der Waals surface area (Å²) in [5.41, 5.74) is 1.09. The maximum atomic E-state index is 13.4. The zero-order valence-electron chi connectivity index (χ0n) is 12.3. The van der Waals surface area contributed by atoms with Crippen molar-refractivity contribution in [3.8, 4) is 5.75 Å². The Balaban J connectivity index is 1.81. The van der Waals surface area contributed by atoms with E-state index in [0.717, 1.165) is 12.1 Å². The van der Waals surface area contributed by atoms with Gasteiger partial charge in [0.05, 0.1) is 0 Å². The molecule has 10 heteroatoms. The number of fused-ring (bicyclic) bond motifs is 1. The summed E-state index contributed by atoms with van der Waals surface area (Å²) in [6.07, 6.45) is -3.62. The fourth-order valence-electron chi connectivity index (χ4n) is 2.11. The van der Waals surface area contributed by atoms with E-state index in [1.54, 1.807) is 13.0 Å². The molecule has 126 valence electrons. The molecule has 0 saturated carbocycles. The molecule has 0 amide bonds. The van der Waals surface area contributed by atoms with E-state index in [4.69, 9.17) is 0 Å². The lowest BCUT2D eigenvalue weighted by molar-refractivity contribution is -0.275. The normalized spacial score (nSPS) is 11.7. The standard InChI is InChI=1S/C14H11F4N5O/c1-8-4-12(23-13(22-8)20-7-21-23)19-6-9-2-3-10(15)11(5-9)24-14(16,17)18/h2-5,7,19H,6H2,1H3. The van der Waals surface area contributed by atoms with Crippen LogP contribution in [0, 0.1) is 12.7 Å². The van der Waals surface area contributed by atoms with Gasteiger partial charge in [-0.15, -0.1) is 13.2 Å². The third kappa shape index (κ3) is 3.53. The van der Waals surface area contributed by atoms with Gasteiger partial charge in [-0.05, 0) is 24.6 Å². The molecule has 0 atom stereocenters. The molecule has 2 aromatic heterocycles. The van der Waals surface area contributed by atoms with Crippen LogP contribution in [0.1, 0.15) is 11.3 Å². The molecular weight excluding hydrogens is 330 g/mol. The largest absolute Gasteiger partial charge is 0.573 e. The number of nitrogens with one attached hydrogen (secondary N) is 1. The van der Waals surface area contributed by atoms with Crippen LogP contribution in [-0.4, -0.2) is 25.9 Å². The Kier molecular flexibility index (Phi) is 3.96. The van der Waals surface area contributed by atoms with Crippen LogP contribution in [0.25, 0.3) is 5.78 Å². The molecule has 0 saturated heterocycles. The van der Waals surface area contributed by atoms with Crippen LogP contribution in [0.15, 0.2) is 30.6 Å². The van der Waals surface area contributed by atoms with Crippen LogP contribution < -0.4 is 10.1 Å². The zero-order chi connectivity index (χ0) is 17.3. The van der Waals surface area contributed by atoms with Crippen molar-refractivity contribution in [2.75, 3.05) is 5.32 Å². The van der Waals surface area contributed by atoms with Gasteiger partial charge in [0, 0.05) is 18.3 Å². The van der Waals surface area contributed by atoms with Gasteiger partial charge in [0.25, 0.3) is 5.78 Å². The molecule has 0 aliphatic heterocycles. The van der Waals surface area contributed by atoms with Gasteiger partial charge in [-0.2, -0.15) is 14.6 Å². The molecule has 1 aromatic carbocycles. The minimum atomic E-state index is -4.96. The highest BCUT2D eigenvalue weighted by molar-refractivity contribution is 5.45. The Morgan fingerprint density at radius 2 is 2.04 bits per heavy atom. The van der Waals surface area contributed by atoms with Crippen molar-refractivity contribution in [2.45, 2.75) is 19.8 Å². The molecule has 3 rings (SSSR count). The van der Waals surface area contributed by atoms with E-state index in [1.807, 2.05) is 0 Å². The number of hydrogen-bond donors (Lipinski definition) is 1. The predicted octanol–water partition coefficient (Wildman–Crippen LogP) is 3.08. The molecule has 0 fully saturated rings. The summed E-state index contributed by atoms with van der Waals surface area (Å²) >= 11 is 0. The fraction of sp³-hybridized carbons (Fsp3) is 0.214. The lowest BCUT2D eigenvalue weighted by Gasteiger charge is -2.12. The first-order valence-electron chi connectivity index (χ1n) is 6.77. The van der Waals surface area contributed by atoms with Gasteiger partial charge in [-0.1, -0.05) is 6.07 Å². The molecule has 6 nitrogen and oxygen atoms in total. The van der Waals surface area contributed by atoms with Gasteiger partial charge in [0.1, 0.15) is 12.1 Å². The van der Waals surface area contributed by atoms with Gasteiger partial charge >= 0.3 is 6.36 Å². The Labute approximate surface area is 133 Å². The number of aryl methyl sites for hydroxylation is 1. The average molecular weight is 341 g/mol. The lowest BCUT2D eigenvalue weighted by atomic mass is 10.2. The minimum absolute atomic E-state index is 0.132. The summed E-state index contributed by atoms with van der Waals surface area (Å²) in [4.78, 5) is 8.14. The predicted molar refractivity (Wildman–Crippen MR) is 75.9 cm³/mol. The topological polar surface area (TPSA) is 64.3 Å². The summed E-state index contributed by atoms with van der Waals surface area (Å²) < 4.78 is 55.3. The number of halogens is 4. The number of rotatable bonds is 4. The molecule has 1 N–H and O–H groups in total. The zero-order valence-corrected chi connectivity index (χ0v) is 12.3. The van der Waals surface area contributed by atoms with Crippen LogP contribution in [-0.2, 0) is 6.54 Å². The Hall–Kier alpha value is -2.91. The molecule has 3 aromatic rings. The maximum Gasteiger partial charge on any atom is 0.573 e. The molecule has 0 aliphatic rings. The number of hydrogen-bond acceptors (Lipinski definition) is 5. The van der Waals surface area contributed by atoms with E-state index in [2.05, 4.69) is 25.1 Å². The molecule has 0 unspecified atom stereocenters. The quantitative estimate of drug-likeness (QED) is 0.739. The highest BCUT2D eigenvalue weighted by atomic mass is 19.4. The Morgan fingerprint density at radius 3 is 2.79 bits per heavy atom. The van der Waals surface area contributed by atoms with Crippen molar-refractivity contribution in [2.24, 2.45) is 0 Å². The third-order valence-corrected chi connectivity index (χ3v) is 3.07. The monoisotopic (exact) mass is 341 g/mol. The van der Waals surface area contributed by atoms with E-state index in [1.165, 1.54) is 16.9 Å². The first kappa shape index (κ1) is 16.0.